The van der Waals surface area contributed by atoms with Crippen molar-refractivity contribution in [3.8, 4) is 0 Å². The number of H-pyrrole nitrogens is 1. The summed E-state index contributed by atoms with van der Waals surface area (Å²) >= 11 is 5.98. The lowest BCUT2D eigenvalue weighted by Crippen LogP contribution is -1.98. The van der Waals surface area contributed by atoms with E-state index < -0.39 is 0 Å². The molecule has 3 heteroatoms. The molecule has 0 saturated carbocycles. The molecule has 0 aliphatic rings. The number of hydrogen-bond donors (Lipinski definition) is 2. The summed E-state index contributed by atoms with van der Waals surface area (Å²) in [7, 11) is 0. The molecule has 0 bridgehead atoms. The van der Waals surface area contributed by atoms with Gasteiger partial charge in [-0.1, -0.05) is 35.4 Å². The molecule has 3 aromatic rings. The fourth-order valence-corrected chi connectivity index (χ4v) is 2.35. The van der Waals surface area contributed by atoms with E-state index >= 15 is 0 Å². The van der Waals surface area contributed by atoms with Crippen molar-refractivity contribution >= 4 is 28.2 Å². The highest BCUT2D eigenvalue weighted by Crippen LogP contribution is 2.22. The van der Waals surface area contributed by atoms with Crippen LogP contribution in [0, 0.1) is 6.92 Å². The van der Waals surface area contributed by atoms with Crippen LogP contribution in [-0.4, -0.2) is 4.98 Å². The summed E-state index contributed by atoms with van der Waals surface area (Å²) in [5, 5.41) is 5.40. The van der Waals surface area contributed by atoms with Gasteiger partial charge in [0.1, 0.15) is 0 Å². The van der Waals surface area contributed by atoms with Crippen LogP contribution in [0.1, 0.15) is 11.1 Å². The van der Waals surface area contributed by atoms with E-state index in [-0.39, 0.29) is 0 Å². The zero-order valence-electron chi connectivity index (χ0n) is 10.7. The first kappa shape index (κ1) is 12.1. The first-order valence-electron chi connectivity index (χ1n) is 6.28. The number of rotatable bonds is 3. The van der Waals surface area contributed by atoms with E-state index in [1.54, 1.807) is 0 Å². The zero-order chi connectivity index (χ0) is 13.2. The smallest absolute Gasteiger partial charge is 0.0472 e. The number of aryl methyl sites for hydroxylation is 1. The van der Waals surface area contributed by atoms with Crippen LogP contribution < -0.4 is 5.32 Å². The normalized spacial score (nSPS) is 10.8. The summed E-state index contributed by atoms with van der Waals surface area (Å²) in [6, 6.07) is 14.3. The summed E-state index contributed by atoms with van der Waals surface area (Å²) in [5.41, 5.74) is 4.72. The van der Waals surface area contributed by atoms with Crippen LogP contribution in [0.15, 0.2) is 48.7 Å². The predicted octanol–water partition coefficient (Wildman–Crippen LogP) is 4.74. The molecule has 0 unspecified atom stereocenters. The molecule has 1 heterocycles. The second-order valence-electron chi connectivity index (χ2n) is 4.72. The molecule has 1 aromatic heterocycles. The Hall–Kier alpha value is -1.93. The Balaban J connectivity index is 1.80. The quantitative estimate of drug-likeness (QED) is 0.707. The van der Waals surface area contributed by atoms with Crippen molar-refractivity contribution in [3.63, 3.8) is 0 Å². The number of aromatic nitrogens is 1. The molecule has 0 spiro atoms. The van der Waals surface area contributed by atoms with Crippen molar-refractivity contribution in [3.05, 3.63) is 64.8 Å². The minimum absolute atomic E-state index is 0.757. The van der Waals surface area contributed by atoms with Crippen LogP contribution in [0.25, 0.3) is 10.9 Å². The third-order valence-electron chi connectivity index (χ3n) is 3.26. The van der Waals surface area contributed by atoms with Gasteiger partial charge < -0.3 is 10.3 Å². The summed E-state index contributed by atoms with van der Waals surface area (Å²) in [5.74, 6) is 0. The van der Waals surface area contributed by atoms with Crippen molar-refractivity contribution in [1.82, 2.24) is 4.98 Å². The second kappa shape index (κ2) is 4.98. The standard InChI is InChI=1S/C16H15ClN2/c1-11-2-5-14(6-3-11)18-9-12-10-19-16-8-13(17)4-7-15(12)16/h2-8,10,18-19H,9H2,1H3. The van der Waals surface area contributed by atoms with Gasteiger partial charge in [0.05, 0.1) is 0 Å². The van der Waals surface area contributed by atoms with Gasteiger partial charge in [-0.25, -0.2) is 0 Å². The van der Waals surface area contributed by atoms with Gasteiger partial charge in [0.15, 0.2) is 0 Å². The SMILES string of the molecule is Cc1ccc(NCc2c[nH]c3cc(Cl)ccc23)cc1. The van der Waals surface area contributed by atoms with E-state index in [0.717, 1.165) is 22.8 Å². The second-order valence-corrected chi connectivity index (χ2v) is 5.16. The highest BCUT2D eigenvalue weighted by Gasteiger charge is 2.03. The lowest BCUT2D eigenvalue weighted by atomic mass is 10.1. The summed E-state index contributed by atoms with van der Waals surface area (Å²) in [4.78, 5) is 3.25. The number of halogens is 1. The molecule has 2 N–H and O–H groups in total. The van der Waals surface area contributed by atoms with E-state index in [9.17, 15) is 0 Å². The van der Waals surface area contributed by atoms with Crippen molar-refractivity contribution < 1.29 is 0 Å². The summed E-state index contributed by atoms with van der Waals surface area (Å²) in [6.07, 6.45) is 2.03. The van der Waals surface area contributed by atoms with Gasteiger partial charge in [0.25, 0.3) is 0 Å². The Kier molecular flexibility index (Phi) is 3.18. The molecule has 0 fully saturated rings. The maximum absolute atomic E-state index is 5.98. The molecule has 0 aliphatic carbocycles. The molecule has 0 atom stereocenters. The molecule has 0 saturated heterocycles. The van der Waals surface area contributed by atoms with E-state index in [2.05, 4.69) is 47.6 Å². The van der Waals surface area contributed by atoms with Crippen LogP contribution >= 0.6 is 11.6 Å². The first-order chi connectivity index (χ1) is 9.22. The maximum Gasteiger partial charge on any atom is 0.0472 e. The highest BCUT2D eigenvalue weighted by atomic mass is 35.5. The molecule has 0 amide bonds. The van der Waals surface area contributed by atoms with E-state index in [1.165, 1.54) is 16.5 Å². The molecule has 2 nitrogen and oxygen atoms in total. The monoisotopic (exact) mass is 270 g/mol. The molecule has 3 rings (SSSR count). The van der Waals surface area contributed by atoms with Gasteiger partial charge in [0, 0.05) is 34.4 Å². The predicted molar refractivity (Wildman–Crippen MR) is 81.8 cm³/mol. The zero-order valence-corrected chi connectivity index (χ0v) is 11.5. The molecular formula is C16H15ClN2. The van der Waals surface area contributed by atoms with Gasteiger partial charge in [-0.2, -0.15) is 0 Å². The van der Waals surface area contributed by atoms with Crippen molar-refractivity contribution in [2.45, 2.75) is 13.5 Å². The van der Waals surface area contributed by atoms with Gasteiger partial charge in [-0.3, -0.25) is 0 Å². The minimum Gasteiger partial charge on any atom is -0.381 e. The highest BCUT2D eigenvalue weighted by molar-refractivity contribution is 6.31. The summed E-state index contributed by atoms with van der Waals surface area (Å²) < 4.78 is 0. The van der Waals surface area contributed by atoms with Crippen LogP contribution in [0.3, 0.4) is 0 Å². The third kappa shape index (κ3) is 2.59. The molecule has 96 valence electrons. The van der Waals surface area contributed by atoms with Gasteiger partial charge in [0.2, 0.25) is 0 Å². The number of fused-ring (bicyclic) bond motifs is 1. The van der Waals surface area contributed by atoms with E-state index in [0.29, 0.717) is 0 Å². The minimum atomic E-state index is 0.757. The largest absolute Gasteiger partial charge is 0.381 e. The Morgan fingerprint density at radius 3 is 2.68 bits per heavy atom. The number of benzene rings is 2. The Morgan fingerprint density at radius 1 is 1.11 bits per heavy atom. The van der Waals surface area contributed by atoms with E-state index in [4.69, 9.17) is 11.6 Å². The molecule has 2 aromatic carbocycles. The number of anilines is 1. The Labute approximate surface area is 117 Å². The topological polar surface area (TPSA) is 27.8 Å². The van der Waals surface area contributed by atoms with E-state index in [1.807, 2.05) is 18.3 Å². The third-order valence-corrected chi connectivity index (χ3v) is 3.50. The molecule has 0 radical (unpaired) electrons. The average Bonchev–Trinajstić information content (AvgIpc) is 2.80. The Bertz CT molecular complexity index is 698. The Morgan fingerprint density at radius 2 is 1.89 bits per heavy atom. The van der Waals surface area contributed by atoms with Gasteiger partial charge in [-0.15, -0.1) is 0 Å². The lowest BCUT2D eigenvalue weighted by molar-refractivity contribution is 1.16. The average molecular weight is 271 g/mol. The van der Waals surface area contributed by atoms with Crippen LogP contribution in [0.4, 0.5) is 5.69 Å². The van der Waals surface area contributed by atoms with Crippen molar-refractivity contribution in [2.24, 2.45) is 0 Å². The first-order valence-corrected chi connectivity index (χ1v) is 6.66. The molecule has 0 aliphatic heterocycles. The molecule has 19 heavy (non-hydrogen) atoms. The number of aromatic amines is 1. The van der Waals surface area contributed by atoms with Crippen LogP contribution in [0.2, 0.25) is 5.02 Å². The maximum atomic E-state index is 5.98. The number of hydrogen-bond acceptors (Lipinski definition) is 1. The fourth-order valence-electron chi connectivity index (χ4n) is 2.17. The van der Waals surface area contributed by atoms with Crippen LogP contribution in [0.5, 0.6) is 0 Å². The van der Waals surface area contributed by atoms with Gasteiger partial charge >= 0.3 is 0 Å². The lowest BCUT2D eigenvalue weighted by Gasteiger charge is -2.06. The summed E-state index contributed by atoms with van der Waals surface area (Å²) in [6.45, 7) is 2.89. The van der Waals surface area contributed by atoms with Crippen molar-refractivity contribution in [2.75, 3.05) is 5.32 Å². The van der Waals surface area contributed by atoms with Gasteiger partial charge in [-0.05, 0) is 36.8 Å². The van der Waals surface area contributed by atoms with Crippen LogP contribution in [-0.2, 0) is 6.54 Å². The fraction of sp³-hybridized carbons (Fsp3) is 0.125. The van der Waals surface area contributed by atoms with Crippen molar-refractivity contribution in [1.29, 1.82) is 0 Å². The number of nitrogens with one attached hydrogen (secondary N) is 2. The molecular weight excluding hydrogens is 256 g/mol.